The molecule has 0 aliphatic carbocycles. The van der Waals surface area contributed by atoms with Gasteiger partial charge in [-0.15, -0.1) is 0 Å². The van der Waals surface area contributed by atoms with Gasteiger partial charge in [0, 0.05) is 12.9 Å². The molecule has 0 aliphatic rings. The molecule has 1 rings (SSSR count). The second-order valence-electron chi connectivity index (χ2n) is 8.66. The normalized spacial score (nSPS) is 16.9. The number of nitrogens with one attached hydrogen (secondary N) is 2. The molecule has 1 unspecified atom stereocenters. The fourth-order valence-corrected chi connectivity index (χ4v) is 5.67. The molecule has 2 amide bonds. The topological polar surface area (TPSA) is 159 Å². The van der Waals surface area contributed by atoms with E-state index in [2.05, 4.69) is 0 Å². The first-order valence-corrected chi connectivity index (χ1v) is 12.3. The molecule has 0 saturated heterocycles. The van der Waals surface area contributed by atoms with Crippen LogP contribution >= 0.6 is 0 Å². The minimum Gasteiger partial charge on any atom is -0.396 e. The van der Waals surface area contributed by atoms with E-state index < -0.39 is 44.2 Å². The van der Waals surface area contributed by atoms with Crippen LogP contribution in [-0.2, 0) is 19.4 Å². The quantitative estimate of drug-likeness (QED) is 0.133. The van der Waals surface area contributed by atoms with Crippen molar-refractivity contribution in [1.82, 2.24) is 10.9 Å². The Morgan fingerprint density at radius 3 is 2.19 bits per heavy atom. The van der Waals surface area contributed by atoms with Crippen LogP contribution in [0.5, 0.6) is 0 Å². The Hall–Kier alpha value is -2.27. The highest BCUT2D eigenvalue weighted by Gasteiger charge is 2.54. The molecule has 1 aromatic rings. The summed E-state index contributed by atoms with van der Waals surface area (Å²) in [4.78, 5) is 25.7. The van der Waals surface area contributed by atoms with Crippen LogP contribution in [0.1, 0.15) is 39.2 Å². The number of hydroxylamine groups is 1. The average Bonchev–Trinajstić information content (AvgIpc) is 2.75. The maximum atomic E-state index is 13.3. The van der Waals surface area contributed by atoms with Crippen molar-refractivity contribution in [3.8, 4) is 0 Å². The van der Waals surface area contributed by atoms with E-state index in [9.17, 15) is 28.3 Å². The monoisotopic (exact) mass is 469 g/mol. The summed E-state index contributed by atoms with van der Waals surface area (Å²) in [5.74, 6) is 0.348. The lowest BCUT2D eigenvalue weighted by molar-refractivity contribution is -0.142. The van der Waals surface area contributed by atoms with Crippen LogP contribution < -0.4 is 16.7 Å². The largest absolute Gasteiger partial charge is 0.396 e. The Morgan fingerprint density at radius 1 is 1.16 bits per heavy atom. The summed E-state index contributed by atoms with van der Waals surface area (Å²) in [6.45, 7) is 4.96. The van der Waals surface area contributed by atoms with E-state index in [-0.39, 0.29) is 25.4 Å². The zero-order chi connectivity index (χ0) is 24.5. The van der Waals surface area contributed by atoms with E-state index in [1.165, 1.54) is 6.08 Å². The number of carbonyl (C=O) groups is 2. The predicted molar refractivity (Wildman–Crippen MR) is 123 cm³/mol. The van der Waals surface area contributed by atoms with Crippen molar-refractivity contribution in [2.24, 2.45) is 29.5 Å². The number of amides is 2. The molecule has 32 heavy (non-hydrogen) atoms. The summed E-state index contributed by atoms with van der Waals surface area (Å²) in [5.41, 5.74) is 4.25. The van der Waals surface area contributed by atoms with Crippen LogP contribution in [0, 0.1) is 23.7 Å². The fraction of sp³-hybridized carbons (Fsp3) is 0.545. The molecule has 0 aliphatic heterocycles. The van der Waals surface area contributed by atoms with Crippen LogP contribution in [0.4, 0.5) is 0 Å². The van der Waals surface area contributed by atoms with E-state index in [1.807, 2.05) is 19.3 Å². The second kappa shape index (κ2) is 12.1. The second-order valence-corrected chi connectivity index (χ2v) is 11.0. The molecule has 0 heterocycles. The highest BCUT2D eigenvalue weighted by atomic mass is 32.2. The maximum Gasteiger partial charge on any atom is 0.249 e. The van der Waals surface area contributed by atoms with Crippen LogP contribution in [-0.4, -0.2) is 48.2 Å². The lowest BCUT2D eigenvalue weighted by Crippen LogP contribution is -2.57. The van der Waals surface area contributed by atoms with E-state index in [4.69, 9.17) is 5.84 Å². The van der Waals surface area contributed by atoms with Crippen molar-refractivity contribution in [1.29, 1.82) is 0 Å². The third kappa shape index (κ3) is 6.86. The average molecular weight is 470 g/mol. The van der Waals surface area contributed by atoms with Gasteiger partial charge in [-0.1, -0.05) is 63.3 Å². The number of rotatable bonds is 12. The molecule has 180 valence electrons. The minimum atomic E-state index is -4.07. The number of aliphatic hydroxyl groups is 1. The lowest BCUT2D eigenvalue weighted by atomic mass is 9.72. The minimum absolute atomic E-state index is 0.0862. The molecule has 0 radical (unpaired) electrons. The molecule has 10 heteroatoms. The van der Waals surface area contributed by atoms with Gasteiger partial charge in [0.25, 0.3) is 0 Å². The standard InChI is InChI=1S/C22H35N3O6S/c1-15(2)12-18(20(27)24-23)19(21(28)25-29)22(32(4,30)31,13-16(3)14-26)11-10-17-8-6-5-7-9-17/h5-11,15-16,18-19,26,29H,12-14,23H2,1-4H3,(H,24,27)(H,25,28)/b11-10+/t16-,18-,19+,22?/m1/s1. The summed E-state index contributed by atoms with van der Waals surface area (Å²) >= 11 is 0. The summed E-state index contributed by atoms with van der Waals surface area (Å²) in [7, 11) is -4.07. The van der Waals surface area contributed by atoms with Gasteiger partial charge in [-0.05, 0) is 30.2 Å². The SMILES string of the molecule is CC(C)C[C@@H](C(=O)NN)[C@@H](C(=O)NO)C(/C=C/c1ccccc1)(C[C@@H](C)CO)S(C)(=O)=O. The van der Waals surface area contributed by atoms with Gasteiger partial charge in [-0.2, -0.15) is 0 Å². The molecule has 6 N–H and O–H groups in total. The van der Waals surface area contributed by atoms with Crippen molar-refractivity contribution in [3.05, 3.63) is 42.0 Å². The van der Waals surface area contributed by atoms with Crippen LogP contribution in [0.2, 0.25) is 0 Å². The predicted octanol–water partition coefficient (Wildman–Crippen LogP) is 1.28. The van der Waals surface area contributed by atoms with E-state index in [0.29, 0.717) is 5.56 Å². The summed E-state index contributed by atoms with van der Waals surface area (Å²) in [5, 5.41) is 19.2. The Kier molecular flexibility index (Phi) is 10.5. The van der Waals surface area contributed by atoms with Crippen LogP contribution in [0.15, 0.2) is 36.4 Å². The number of aliphatic hydroxyl groups excluding tert-OH is 1. The molecule has 0 fully saturated rings. The number of hydrogen-bond acceptors (Lipinski definition) is 7. The Bertz CT molecular complexity index is 888. The van der Waals surface area contributed by atoms with Gasteiger partial charge >= 0.3 is 0 Å². The summed E-state index contributed by atoms with van der Waals surface area (Å²) in [6, 6.07) is 8.89. The molecular weight excluding hydrogens is 434 g/mol. The van der Waals surface area contributed by atoms with Gasteiger partial charge in [-0.25, -0.2) is 19.7 Å². The third-order valence-electron chi connectivity index (χ3n) is 5.55. The van der Waals surface area contributed by atoms with Gasteiger partial charge in [0.15, 0.2) is 9.84 Å². The third-order valence-corrected chi connectivity index (χ3v) is 7.49. The first-order valence-electron chi connectivity index (χ1n) is 10.4. The van der Waals surface area contributed by atoms with Crippen LogP contribution in [0.25, 0.3) is 6.08 Å². The number of hydrogen-bond donors (Lipinski definition) is 5. The van der Waals surface area contributed by atoms with Gasteiger partial charge in [0.1, 0.15) is 4.75 Å². The highest BCUT2D eigenvalue weighted by molar-refractivity contribution is 7.92. The Labute approximate surface area is 189 Å². The first-order chi connectivity index (χ1) is 14.9. The molecule has 4 atom stereocenters. The molecule has 0 saturated carbocycles. The molecular formula is C22H35N3O6S. The number of benzene rings is 1. The van der Waals surface area contributed by atoms with Gasteiger partial charge in [0.2, 0.25) is 11.8 Å². The number of sulfone groups is 1. The van der Waals surface area contributed by atoms with E-state index in [0.717, 1.165) is 6.26 Å². The maximum absolute atomic E-state index is 13.3. The van der Waals surface area contributed by atoms with Gasteiger partial charge in [0.05, 0.1) is 11.8 Å². The van der Waals surface area contributed by atoms with Crippen molar-refractivity contribution >= 4 is 27.7 Å². The number of carbonyl (C=O) groups excluding carboxylic acids is 2. The number of hydrazine groups is 1. The molecule has 0 aromatic heterocycles. The van der Waals surface area contributed by atoms with Crippen molar-refractivity contribution in [2.45, 2.75) is 38.4 Å². The van der Waals surface area contributed by atoms with Crippen molar-refractivity contribution < 1.29 is 28.3 Å². The lowest BCUT2D eigenvalue weighted by Gasteiger charge is -2.41. The Morgan fingerprint density at radius 2 is 1.75 bits per heavy atom. The summed E-state index contributed by atoms with van der Waals surface area (Å²) < 4.78 is 24.8. The zero-order valence-corrected chi connectivity index (χ0v) is 19.8. The molecule has 9 nitrogen and oxygen atoms in total. The van der Waals surface area contributed by atoms with E-state index >= 15 is 0 Å². The molecule has 1 aromatic carbocycles. The van der Waals surface area contributed by atoms with Crippen molar-refractivity contribution in [3.63, 3.8) is 0 Å². The first kappa shape index (κ1) is 27.8. The van der Waals surface area contributed by atoms with Crippen LogP contribution in [0.3, 0.4) is 0 Å². The number of nitrogens with two attached hydrogens (primary N) is 1. The summed E-state index contributed by atoms with van der Waals surface area (Å²) in [6.07, 6.45) is 3.93. The Balaban J connectivity index is 3.91. The zero-order valence-electron chi connectivity index (χ0n) is 19.0. The molecule has 0 bridgehead atoms. The highest BCUT2D eigenvalue weighted by Crippen LogP contribution is 2.42. The van der Waals surface area contributed by atoms with Crippen molar-refractivity contribution in [2.75, 3.05) is 12.9 Å². The van der Waals surface area contributed by atoms with Gasteiger partial charge < -0.3 is 5.11 Å². The van der Waals surface area contributed by atoms with E-state index in [1.54, 1.807) is 48.8 Å². The fourth-order valence-electron chi connectivity index (χ4n) is 4.04. The smallest absolute Gasteiger partial charge is 0.249 e. The van der Waals surface area contributed by atoms with Gasteiger partial charge in [-0.3, -0.25) is 20.2 Å². The molecule has 0 spiro atoms.